The molecule has 0 radical (unpaired) electrons. The molecule has 0 aliphatic carbocycles. The number of nitrogens with zero attached hydrogens (tertiary/aromatic N) is 1. The monoisotopic (exact) mass is 345 g/mol. The van der Waals surface area contributed by atoms with Crippen molar-refractivity contribution in [2.24, 2.45) is 5.92 Å². The fourth-order valence-electron chi connectivity index (χ4n) is 3.33. The van der Waals surface area contributed by atoms with Gasteiger partial charge in [0.25, 0.3) is 5.91 Å². The predicted molar refractivity (Wildman–Crippen MR) is 95.8 cm³/mol. The summed E-state index contributed by atoms with van der Waals surface area (Å²) in [5.74, 6) is 1.30. The smallest absolute Gasteiger partial charge is 0.254 e. The van der Waals surface area contributed by atoms with Crippen LogP contribution in [0.25, 0.3) is 0 Å². The standard InChI is InChI=1S/C19H23NO3S/c1-22-17-5-3-14(4-6-17)11-16-12-20(9-7-18(16)23-2)19(21)15-8-10-24-13-15/h3-6,8,10,13,16,18H,7,9,11-12H2,1-2H3/t16-,18+/m1/s1. The average molecular weight is 345 g/mol. The average Bonchev–Trinajstić information content (AvgIpc) is 3.16. The summed E-state index contributed by atoms with van der Waals surface area (Å²) in [7, 11) is 3.44. The normalized spacial score (nSPS) is 20.8. The summed E-state index contributed by atoms with van der Waals surface area (Å²) in [6.07, 6.45) is 1.97. The van der Waals surface area contributed by atoms with Crippen molar-refractivity contribution in [3.05, 3.63) is 52.2 Å². The van der Waals surface area contributed by atoms with Gasteiger partial charge >= 0.3 is 0 Å². The Kier molecular flexibility index (Phi) is 5.53. The fraction of sp³-hybridized carbons (Fsp3) is 0.421. The molecule has 4 nitrogen and oxygen atoms in total. The summed E-state index contributed by atoms with van der Waals surface area (Å²) in [6, 6.07) is 10.0. The number of benzene rings is 1. The first kappa shape index (κ1) is 17.0. The van der Waals surface area contributed by atoms with E-state index in [1.807, 2.05) is 33.9 Å². The molecule has 2 aromatic rings. The minimum atomic E-state index is 0.130. The van der Waals surface area contributed by atoms with Gasteiger partial charge in [-0.25, -0.2) is 0 Å². The largest absolute Gasteiger partial charge is 0.497 e. The van der Waals surface area contributed by atoms with E-state index in [4.69, 9.17) is 9.47 Å². The first-order valence-corrected chi connectivity index (χ1v) is 9.12. The van der Waals surface area contributed by atoms with Crippen molar-refractivity contribution < 1.29 is 14.3 Å². The zero-order chi connectivity index (χ0) is 16.9. The second-order valence-corrected chi connectivity index (χ2v) is 6.92. The molecule has 1 aliphatic heterocycles. The van der Waals surface area contributed by atoms with Crippen molar-refractivity contribution in [2.45, 2.75) is 18.9 Å². The second kappa shape index (κ2) is 7.81. The highest BCUT2D eigenvalue weighted by molar-refractivity contribution is 7.08. The quantitative estimate of drug-likeness (QED) is 0.833. The third-order valence-corrected chi connectivity index (χ3v) is 5.36. The number of rotatable bonds is 5. The Bertz CT molecular complexity index is 654. The van der Waals surface area contributed by atoms with Gasteiger partial charge in [0.1, 0.15) is 5.75 Å². The minimum absolute atomic E-state index is 0.130. The third kappa shape index (κ3) is 3.79. The van der Waals surface area contributed by atoms with Crippen LogP contribution in [0.5, 0.6) is 5.75 Å². The lowest BCUT2D eigenvalue weighted by Gasteiger charge is -2.38. The van der Waals surface area contributed by atoms with Gasteiger partial charge in [-0.1, -0.05) is 12.1 Å². The molecule has 1 fully saturated rings. The molecular weight excluding hydrogens is 322 g/mol. The SMILES string of the molecule is COc1ccc(C[C@@H]2CN(C(=O)c3ccsc3)CC[C@@H]2OC)cc1. The molecule has 0 N–H and O–H groups in total. The lowest BCUT2D eigenvalue weighted by atomic mass is 9.88. The maximum Gasteiger partial charge on any atom is 0.254 e. The van der Waals surface area contributed by atoms with Crippen LogP contribution in [0, 0.1) is 5.92 Å². The second-order valence-electron chi connectivity index (χ2n) is 6.14. The van der Waals surface area contributed by atoms with Crippen molar-refractivity contribution in [3.63, 3.8) is 0 Å². The van der Waals surface area contributed by atoms with E-state index < -0.39 is 0 Å². The summed E-state index contributed by atoms with van der Waals surface area (Å²) in [4.78, 5) is 14.6. The van der Waals surface area contributed by atoms with Gasteiger partial charge in [0.2, 0.25) is 0 Å². The van der Waals surface area contributed by atoms with Crippen LogP contribution in [0.3, 0.4) is 0 Å². The van der Waals surface area contributed by atoms with Crippen LogP contribution in [-0.4, -0.2) is 44.2 Å². The highest BCUT2D eigenvalue weighted by Crippen LogP contribution is 2.26. The van der Waals surface area contributed by atoms with Crippen LogP contribution in [0.2, 0.25) is 0 Å². The van der Waals surface area contributed by atoms with E-state index in [0.717, 1.165) is 37.2 Å². The van der Waals surface area contributed by atoms with E-state index in [1.54, 1.807) is 25.6 Å². The molecule has 24 heavy (non-hydrogen) atoms. The van der Waals surface area contributed by atoms with E-state index >= 15 is 0 Å². The summed E-state index contributed by atoms with van der Waals surface area (Å²) in [5.41, 5.74) is 2.03. The van der Waals surface area contributed by atoms with E-state index in [2.05, 4.69) is 12.1 Å². The molecule has 0 unspecified atom stereocenters. The summed E-state index contributed by atoms with van der Waals surface area (Å²) < 4.78 is 10.9. The third-order valence-electron chi connectivity index (χ3n) is 4.68. The Morgan fingerprint density at radius 2 is 2.04 bits per heavy atom. The molecule has 128 valence electrons. The van der Waals surface area contributed by atoms with Crippen molar-refractivity contribution in [3.8, 4) is 5.75 Å². The van der Waals surface area contributed by atoms with Crippen LogP contribution in [0.1, 0.15) is 22.3 Å². The number of ether oxygens (including phenoxy) is 2. The molecule has 1 aromatic heterocycles. The van der Waals surface area contributed by atoms with Crippen LogP contribution in [-0.2, 0) is 11.2 Å². The number of thiophene rings is 1. The van der Waals surface area contributed by atoms with Crippen molar-refractivity contribution in [2.75, 3.05) is 27.3 Å². The van der Waals surface area contributed by atoms with Crippen LogP contribution < -0.4 is 4.74 Å². The van der Waals surface area contributed by atoms with Crippen LogP contribution in [0.15, 0.2) is 41.1 Å². The molecule has 3 rings (SSSR count). The number of carbonyl (C=O) groups excluding carboxylic acids is 1. The number of hydrogen-bond acceptors (Lipinski definition) is 4. The predicted octanol–water partition coefficient (Wildman–Crippen LogP) is 3.48. The first-order valence-electron chi connectivity index (χ1n) is 8.18. The number of likely N-dealkylation sites (tertiary alicyclic amines) is 1. The molecule has 5 heteroatoms. The summed E-state index contributed by atoms with van der Waals surface area (Å²) >= 11 is 1.56. The van der Waals surface area contributed by atoms with Gasteiger partial charge in [-0.2, -0.15) is 11.3 Å². The topological polar surface area (TPSA) is 38.8 Å². The summed E-state index contributed by atoms with van der Waals surface area (Å²) in [6.45, 7) is 1.49. The van der Waals surface area contributed by atoms with Crippen LogP contribution >= 0.6 is 11.3 Å². The van der Waals surface area contributed by atoms with E-state index in [0.29, 0.717) is 5.92 Å². The molecule has 2 heterocycles. The van der Waals surface area contributed by atoms with Gasteiger partial charge in [-0.15, -0.1) is 0 Å². The molecule has 0 saturated carbocycles. The maximum absolute atomic E-state index is 12.6. The van der Waals surface area contributed by atoms with Crippen molar-refractivity contribution in [1.82, 2.24) is 4.90 Å². The molecule has 1 aromatic carbocycles. The van der Waals surface area contributed by atoms with E-state index in [1.165, 1.54) is 5.56 Å². The number of carbonyl (C=O) groups is 1. The molecular formula is C19H23NO3S. The van der Waals surface area contributed by atoms with Crippen molar-refractivity contribution >= 4 is 17.2 Å². The molecule has 0 spiro atoms. The van der Waals surface area contributed by atoms with Crippen molar-refractivity contribution in [1.29, 1.82) is 0 Å². The number of piperidine rings is 1. The van der Waals surface area contributed by atoms with Crippen LogP contribution in [0.4, 0.5) is 0 Å². The lowest BCUT2D eigenvalue weighted by Crippen LogP contribution is -2.47. The van der Waals surface area contributed by atoms with Gasteiger partial charge < -0.3 is 14.4 Å². The fourth-order valence-corrected chi connectivity index (χ4v) is 3.96. The van der Waals surface area contributed by atoms with Gasteiger partial charge in [0.05, 0.1) is 18.8 Å². The Morgan fingerprint density at radius 3 is 2.67 bits per heavy atom. The number of hydrogen-bond donors (Lipinski definition) is 0. The van der Waals surface area contributed by atoms with Gasteiger partial charge in [-0.05, 0) is 42.0 Å². The summed E-state index contributed by atoms with van der Waals surface area (Å²) in [5, 5.41) is 3.87. The zero-order valence-electron chi connectivity index (χ0n) is 14.1. The number of methoxy groups -OCH3 is 2. The van der Waals surface area contributed by atoms with Gasteiger partial charge in [0, 0.05) is 31.5 Å². The Labute approximate surface area is 147 Å². The Balaban J connectivity index is 1.69. The molecule has 1 aliphatic rings. The highest BCUT2D eigenvalue weighted by Gasteiger charge is 2.32. The Hall–Kier alpha value is -1.85. The first-order chi connectivity index (χ1) is 11.7. The molecule has 0 bridgehead atoms. The van der Waals surface area contributed by atoms with Gasteiger partial charge in [0.15, 0.2) is 0 Å². The Morgan fingerprint density at radius 1 is 1.25 bits per heavy atom. The highest BCUT2D eigenvalue weighted by atomic mass is 32.1. The minimum Gasteiger partial charge on any atom is -0.497 e. The van der Waals surface area contributed by atoms with E-state index in [-0.39, 0.29) is 12.0 Å². The molecule has 2 atom stereocenters. The molecule has 1 saturated heterocycles. The molecule has 1 amide bonds. The maximum atomic E-state index is 12.6. The van der Waals surface area contributed by atoms with E-state index in [9.17, 15) is 4.79 Å². The van der Waals surface area contributed by atoms with Gasteiger partial charge in [-0.3, -0.25) is 4.79 Å². The lowest BCUT2D eigenvalue weighted by molar-refractivity contribution is -0.00297. The number of amides is 1. The zero-order valence-corrected chi connectivity index (χ0v) is 14.9.